The third kappa shape index (κ3) is 3.30. The van der Waals surface area contributed by atoms with Crippen LogP contribution in [0.1, 0.15) is 36.0 Å². The van der Waals surface area contributed by atoms with E-state index in [0.29, 0.717) is 12.8 Å². The maximum atomic E-state index is 12.2. The second-order valence-corrected chi connectivity index (χ2v) is 5.51. The molecule has 112 valence electrons. The highest BCUT2D eigenvalue weighted by molar-refractivity contribution is 6.31. The normalized spacial score (nSPS) is 15.9. The molecule has 1 saturated carbocycles. The Morgan fingerprint density at radius 2 is 2.10 bits per heavy atom. The summed E-state index contributed by atoms with van der Waals surface area (Å²) in [5, 5.41) is 22.7. The Kier molecular flexibility index (Phi) is 4.13. The summed E-state index contributed by atoms with van der Waals surface area (Å²) < 4.78 is 0. The fourth-order valence-corrected chi connectivity index (χ4v) is 2.56. The summed E-state index contributed by atoms with van der Waals surface area (Å²) in [4.78, 5) is 33.4. The monoisotopic (exact) mass is 312 g/mol. The molecule has 1 aromatic carbocycles. The molecule has 8 heteroatoms. The molecule has 0 atom stereocenters. The van der Waals surface area contributed by atoms with Gasteiger partial charge < -0.3 is 10.4 Å². The second kappa shape index (κ2) is 5.69. The fourth-order valence-electron chi connectivity index (χ4n) is 2.40. The lowest BCUT2D eigenvalue weighted by Crippen LogP contribution is -2.54. The molecule has 0 saturated heterocycles. The molecule has 21 heavy (non-hydrogen) atoms. The summed E-state index contributed by atoms with van der Waals surface area (Å²) >= 11 is 5.69. The van der Waals surface area contributed by atoms with Gasteiger partial charge in [-0.2, -0.15) is 0 Å². The van der Waals surface area contributed by atoms with E-state index in [0.717, 1.165) is 12.5 Å². The Labute approximate surface area is 125 Å². The molecule has 0 bridgehead atoms. The van der Waals surface area contributed by atoms with Crippen molar-refractivity contribution in [2.75, 3.05) is 0 Å². The fraction of sp³-hybridized carbons (Fsp3) is 0.385. The molecule has 2 N–H and O–H groups in total. The summed E-state index contributed by atoms with van der Waals surface area (Å²) in [6, 6.07) is 3.75. The molecular weight excluding hydrogens is 300 g/mol. The van der Waals surface area contributed by atoms with Crippen molar-refractivity contribution >= 4 is 29.2 Å². The molecule has 0 aromatic heterocycles. The number of carbonyl (C=O) groups excluding carboxylic acids is 1. The number of amides is 1. The lowest BCUT2D eigenvalue weighted by Gasteiger charge is -2.41. The molecule has 1 aliphatic carbocycles. The molecule has 0 aliphatic heterocycles. The Bertz CT molecular complexity index is 613. The van der Waals surface area contributed by atoms with Crippen molar-refractivity contribution in [1.29, 1.82) is 0 Å². The quantitative estimate of drug-likeness (QED) is 0.640. The third-order valence-corrected chi connectivity index (χ3v) is 3.82. The van der Waals surface area contributed by atoms with Gasteiger partial charge in [0, 0.05) is 11.1 Å². The smallest absolute Gasteiger partial charge is 0.305 e. The zero-order valence-corrected chi connectivity index (χ0v) is 11.7. The van der Waals surface area contributed by atoms with Gasteiger partial charge in [0.05, 0.1) is 16.9 Å². The minimum Gasteiger partial charge on any atom is -0.481 e. The maximum absolute atomic E-state index is 12.2. The van der Waals surface area contributed by atoms with Gasteiger partial charge in [-0.25, -0.2) is 0 Å². The first-order valence-corrected chi connectivity index (χ1v) is 6.69. The average molecular weight is 313 g/mol. The number of rotatable bonds is 5. The van der Waals surface area contributed by atoms with Crippen LogP contribution in [0.15, 0.2) is 18.2 Å². The predicted molar refractivity (Wildman–Crippen MR) is 74.4 cm³/mol. The summed E-state index contributed by atoms with van der Waals surface area (Å²) in [7, 11) is 0. The van der Waals surface area contributed by atoms with Crippen LogP contribution in [0.3, 0.4) is 0 Å². The lowest BCUT2D eigenvalue weighted by molar-refractivity contribution is -0.385. The number of benzene rings is 1. The van der Waals surface area contributed by atoms with E-state index in [1.807, 2.05) is 0 Å². The van der Waals surface area contributed by atoms with E-state index in [-0.39, 0.29) is 17.0 Å². The van der Waals surface area contributed by atoms with Crippen molar-refractivity contribution in [2.24, 2.45) is 0 Å². The number of nitrogens with one attached hydrogen (secondary N) is 1. The number of nitro groups is 1. The van der Waals surface area contributed by atoms with Crippen LogP contribution in [-0.2, 0) is 4.79 Å². The van der Waals surface area contributed by atoms with Gasteiger partial charge in [0.25, 0.3) is 11.6 Å². The molecule has 0 heterocycles. The third-order valence-electron chi connectivity index (χ3n) is 3.58. The number of hydrogen-bond donors (Lipinski definition) is 2. The largest absolute Gasteiger partial charge is 0.481 e. The van der Waals surface area contributed by atoms with Gasteiger partial charge in [-0.1, -0.05) is 11.6 Å². The number of nitrogens with zero attached hydrogens (tertiary/aromatic N) is 1. The molecule has 1 amide bonds. The molecule has 0 unspecified atom stereocenters. The summed E-state index contributed by atoms with van der Waals surface area (Å²) in [6.45, 7) is 0. The van der Waals surface area contributed by atoms with Crippen molar-refractivity contribution in [3.8, 4) is 0 Å². The van der Waals surface area contributed by atoms with Gasteiger partial charge in [0.1, 0.15) is 5.56 Å². The van der Waals surface area contributed by atoms with E-state index < -0.39 is 28.0 Å². The number of halogens is 1. The van der Waals surface area contributed by atoms with Gasteiger partial charge in [-0.05, 0) is 31.4 Å². The molecule has 1 aliphatic rings. The van der Waals surface area contributed by atoms with Gasteiger partial charge in [-0.15, -0.1) is 0 Å². The van der Waals surface area contributed by atoms with E-state index in [4.69, 9.17) is 16.7 Å². The van der Waals surface area contributed by atoms with Crippen LogP contribution in [0.4, 0.5) is 5.69 Å². The van der Waals surface area contributed by atoms with E-state index in [1.165, 1.54) is 12.1 Å². The minimum atomic E-state index is -1.01. The van der Waals surface area contributed by atoms with E-state index in [1.54, 1.807) is 0 Å². The highest BCUT2D eigenvalue weighted by Gasteiger charge is 2.41. The molecular formula is C13H13ClN2O5. The highest BCUT2D eigenvalue weighted by Crippen LogP contribution is 2.35. The molecule has 2 rings (SSSR count). The molecule has 1 aromatic rings. The van der Waals surface area contributed by atoms with Gasteiger partial charge >= 0.3 is 5.97 Å². The number of carbonyl (C=O) groups is 2. The predicted octanol–water partition coefficient (Wildman–Crippen LogP) is 2.38. The second-order valence-electron chi connectivity index (χ2n) is 5.08. The first-order chi connectivity index (χ1) is 9.83. The summed E-state index contributed by atoms with van der Waals surface area (Å²) in [5.74, 6) is -1.67. The molecule has 1 fully saturated rings. The Morgan fingerprint density at radius 3 is 2.57 bits per heavy atom. The Balaban J connectivity index is 2.24. The van der Waals surface area contributed by atoms with Crippen molar-refractivity contribution in [1.82, 2.24) is 5.32 Å². The summed E-state index contributed by atoms with van der Waals surface area (Å²) in [5.41, 5.74) is -1.33. The van der Waals surface area contributed by atoms with Crippen LogP contribution < -0.4 is 5.32 Å². The first kappa shape index (κ1) is 15.2. The van der Waals surface area contributed by atoms with Crippen LogP contribution in [-0.4, -0.2) is 27.4 Å². The van der Waals surface area contributed by atoms with Crippen molar-refractivity contribution in [2.45, 2.75) is 31.2 Å². The minimum absolute atomic E-state index is 0.124. The SMILES string of the molecule is O=C(O)CC1(NC(=O)c2ccc(Cl)cc2[N+](=O)[O-])CCC1. The number of nitro benzene ring substituents is 1. The number of aliphatic carboxylic acids is 1. The van der Waals surface area contributed by atoms with E-state index in [2.05, 4.69) is 5.32 Å². The van der Waals surface area contributed by atoms with Crippen LogP contribution in [0.5, 0.6) is 0 Å². The highest BCUT2D eigenvalue weighted by atomic mass is 35.5. The van der Waals surface area contributed by atoms with E-state index >= 15 is 0 Å². The van der Waals surface area contributed by atoms with E-state index in [9.17, 15) is 19.7 Å². The zero-order chi connectivity index (χ0) is 15.6. The Hall–Kier alpha value is -2.15. The molecule has 7 nitrogen and oxygen atoms in total. The standard InChI is InChI=1S/C13H13ClN2O5/c14-8-2-3-9(10(6-8)16(20)21)12(19)15-13(4-1-5-13)7-11(17)18/h2-3,6H,1,4-5,7H2,(H,15,19)(H,17,18). The van der Waals surface area contributed by atoms with Gasteiger partial charge in [0.15, 0.2) is 0 Å². The van der Waals surface area contributed by atoms with Crippen LogP contribution in [0.25, 0.3) is 0 Å². The molecule has 0 spiro atoms. The van der Waals surface area contributed by atoms with Crippen molar-refractivity contribution in [3.63, 3.8) is 0 Å². The molecule has 0 radical (unpaired) electrons. The number of carboxylic acid groups (broad SMARTS) is 1. The maximum Gasteiger partial charge on any atom is 0.305 e. The van der Waals surface area contributed by atoms with Crippen LogP contribution >= 0.6 is 11.6 Å². The van der Waals surface area contributed by atoms with Crippen molar-refractivity contribution in [3.05, 3.63) is 38.9 Å². The Morgan fingerprint density at radius 1 is 1.43 bits per heavy atom. The topological polar surface area (TPSA) is 110 Å². The van der Waals surface area contributed by atoms with Gasteiger partial charge in [0.2, 0.25) is 0 Å². The zero-order valence-electron chi connectivity index (χ0n) is 11.0. The van der Waals surface area contributed by atoms with Crippen LogP contribution in [0.2, 0.25) is 5.02 Å². The summed E-state index contributed by atoms with van der Waals surface area (Å²) in [6.07, 6.45) is 1.72. The van der Waals surface area contributed by atoms with Gasteiger partial charge in [-0.3, -0.25) is 19.7 Å². The number of hydrogen-bond acceptors (Lipinski definition) is 4. The lowest BCUT2D eigenvalue weighted by atomic mass is 9.74. The first-order valence-electron chi connectivity index (χ1n) is 6.31. The van der Waals surface area contributed by atoms with Crippen molar-refractivity contribution < 1.29 is 19.6 Å². The number of carboxylic acids is 1. The van der Waals surface area contributed by atoms with Crippen LogP contribution in [0, 0.1) is 10.1 Å². The average Bonchev–Trinajstić information content (AvgIpc) is 2.35.